The van der Waals surface area contributed by atoms with Gasteiger partial charge in [-0.05, 0) is 75.0 Å². The topological polar surface area (TPSA) is 3.24 Å². The van der Waals surface area contributed by atoms with Crippen LogP contribution in [0.5, 0.6) is 0 Å². The molecule has 1 aromatic carbocycles. The van der Waals surface area contributed by atoms with Gasteiger partial charge in [0.05, 0.1) is 0 Å². The largest absolute Gasteiger partial charge is 0.345 e. The van der Waals surface area contributed by atoms with Crippen LogP contribution in [0, 0.1) is 5.41 Å². The summed E-state index contributed by atoms with van der Waals surface area (Å²) in [5.41, 5.74) is 8.12. The summed E-state index contributed by atoms with van der Waals surface area (Å²) in [5, 5.41) is 0. The summed E-state index contributed by atoms with van der Waals surface area (Å²) in [5.74, 6) is 0. The van der Waals surface area contributed by atoms with Crippen LogP contribution in [0.2, 0.25) is 0 Å². The smallest absolute Gasteiger partial charge is 0.0408 e. The number of anilines is 1. The van der Waals surface area contributed by atoms with Crippen molar-refractivity contribution in [3.05, 3.63) is 102 Å². The van der Waals surface area contributed by atoms with Crippen LogP contribution in [0.4, 0.5) is 5.69 Å². The summed E-state index contributed by atoms with van der Waals surface area (Å²) >= 11 is 0. The van der Waals surface area contributed by atoms with Crippen LogP contribution in [-0.4, -0.2) is 6.54 Å². The van der Waals surface area contributed by atoms with Crippen LogP contribution in [0.3, 0.4) is 0 Å². The molecular weight excluding hydrogens is 326 g/mol. The first-order valence-electron chi connectivity index (χ1n) is 9.60. The Morgan fingerprint density at radius 1 is 1.19 bits per heavy atom. The number of rotatable bonds is 7. The van der Waals surface area contributed by atoms with Crippen molar-refractivity contribution >= 4 is 5.69 Å². The Kier molecular flexibility index (Phi) is 6.49. The predicted molar refractivity (Wildman–Crippen MR) is 121 cm³/mol. The quantitative estimate of drug-likeness (QED) is 0.368. The maximum Gasteiger partial charge on any atom is 0.0408 e. The third-order valence-electron chi connectivity index (χ3n) is 5.69. The molecule has 1 nitrogen and oxygen atoms in total. The van der Waals surface area contributed by atoms with E-state index in [4.69, 9.17) is 0 Å². The van der Waals surface area contributed by atoms with E-state index in [1.807, 2.05) is 6.08 Å². The van der Waals surface area contributed by atoms with Crippen LogP contribution in [0.1, 0.15) is 39.7 Å². The first-order chi connectivity index (χ1) is 12.7. The van der Waals surface area contributed by atoms with Crippen molar-refractivity contribution in [2.45, 2.75) is 40.5 Å². The number of hydrogen-bond donors (Lipinski definition) is 0. The third kappa shape index (κ3) is 4.24. The maximum absolute atomic E-state index is 4.47. The molecule has 27 heavy (non-hydrogen) atoms. The fourth-order valence-electron chi connectivity index (χ4n) is 3.71. The summed E-state index contributed by atoms with van der Waals surface area (Å²) < 4.78 is 0. The second kappa shape index (κ2) is 8.43. The predicted octanol–water partition coefficient (Wildman–Crippen LogP) is 7.17. The molecule has 1 heterocycles. The highest BCUT2D eigenvalue weighted by atomic mass is 15.2. The molecule has 0 saturated carbocycles. The highest BCUT2D eigenvalue weighted by Crippen LogP contribution is 2.49. The number of allylic oxidation sites excluding steroid dienone is 7. The zero-order valence-corrected chi connectivity index (χ0v) is 17.4. The molecule has 1 fully saturated rings. The van der Waals surface area contributed by atoms with E-state index in [0.29, 0.717) is 0 Å². The zero-order valence-electron chi connectivity index (χ0n) is 17.4. The Bertz CT molecular complexity index is 816. The molecule has 1 heteroatoms. The minimum Gasteiger partial charge on any atom is -0.345 e. The first kappa shape index (κ1) is 20.8. The lowest BCUT2D eigenvalue weighted by Gasteiger charge is -2.32. The van der Waals surface area contributed by atoms with Gasteiger partial charge in [0.1, 0.15) is 0 Å². The van der Waals surface area contributed by atoms with Gasteiger partial charge in [-0.3, -0.25) is 0 Å². The van der Waals surface area contributed by atoms with Crippen LogP contribution >= 0.6 is 0 Å². The Morgan fingerprint density at radius 2 is 1.81 bits per heavy atom. The van der Waals surface area contributed by atoms with Gasteiger partial charge in [-0.25, -0.2) is 0 Å². The lowest BCUT2D eigenvalue weighted by Crippen LogP contribution is -2.24. The van der Waals surface area contributed by atoms with E-state index < -0.39 is 0 Å². The van der Waals surface area contributed by atoms with Crippen molar-refractivity contribution in [2.75, 3.05) is 11.4 Å². The first-order valence-corrected chi connectivity index (χ1v) is 9.60. The molecule has 1 aliphatic heterocycles. The Labute approximate surface area is 165 Å². The number of hydrogen-bond acceptors (Lipinski definition) is 1. The van der Waals surface area contributed by atoms with Crippen molar-refractivity contribution in [3.63, 3.8) is 0 Å². The van der Waals surface area contributed by atoms with Gasteiger partial charge in [0.15, 0.2) is 0 Å². The van der Waals surface area contributed by atoms with E-state index in [1.54, 1.807) is 0 Å². The van der Waals surface area contributed by atoms with Gasteiger partial charge in [-0.15, -0.1) is 0 Å². The molecule has 2 rings (SSSR count). The van der Waals surface area contributed by atoms with Crippen molar-refractivity contribution in [2.24, 2.45) is 5.41 Å². The van der Waals surface area contributed by atoms with E-state index in [1.165, 1.54) is 22.4 Å². The van der Waals surface area contributed by atoms with Gasteiger partial charge in [0, 0.05) is 23.3 Å². The molecule has 0 amide bonds. The van der Waals surface area contributed by atoms with E-state index in [2.05, 4.69) is 95.3 Å². The molecule has 0 spiro atoms. The second-order valence-corrected chi connectivity index (χ2v) is 7.75. The van der Waals surface area contributed by atoms with Crippen LogP contribution in [0.25, 0.3) is 0 Å². The SMILES string of the molecule is C=C/C=C(C(=C)C1(C)CCN(c2ccc(CC(=C)C)cc2)C1=C)\C(C)=C/C. The lowest BCUT2D eigenvalue weighted by atomic mass is 9.74. The maximum atomic E-state index is 4.47. The molecule has 142 valence electrons. The molecule has 1 saturated heterocycles. The lowest BCUT2D eigenvalue weighted by molar-refractivity contribution is 0.513. The summed E-state index contributed by atoms with van der Waals surface area (Å²) in [6, 6.07) is 8.76. The van der Waals surface area contributed by atoms with Gasteiger partial charge in [0.25, 0.3) is 0 Å². The summed E-state index contributed by atoms with van der Waals surface area (Å²) in [6.45, 7) is 26.3. The number of benzene rings is 1. The van der Waals surface area contributed by atoms with E-state index in [9.17, 15) is 0 Å². The summed E-state index contributed by atoms with van der Waals surface area (Å²) in [4.78, 5) is 2.33. The van der Waals surface area contributed by atoms with Gasteiger partial charge in [-0.1, -0.05) is 62.2 Å². The van der Waals surface area contributed by atoms with Gasteiger partial charge in [0.2, 0.25) is 0 Å². The minimum absolute atomic E-state index is 0.157. The summed E-state index contributed by atoms with van der Waals surface area (Å²) in [7, 11) is 0. The molecule has 0 bridgehead atoms. The Hall–Kier alpha value is -2.54. The monoisotopic (exact) mass is 359 g/mol. The third-order valence-corrected chi connectivity index (χ3v) is 5.69. The highest BCUT2D eigenvalue weighted by molar-refractivity contribution is 5.61. The standard InChI is InChI=1S/C26H33N/c1-9-11-25(20(5)10-2)21(6)26(8)16-17-27(22(26)7)24-14-12-23(13-15-24)18-19(3)4/h9-15H,1,3,6-7,16-18H2,2,4-5,8H3/b20-10-,25-11+. The highest BCUT2D eigenvalue weighted by Gasteiger charge is 2.41. The van der Waals surface area contributed by atoms with Crippen LogP contribution in [-0.2, 0) is 6.42 Å². The van der Waals surface area contributed by atoms with Crippen molar-refractivity contribution in [3.8, 4) is 0 Å². The fraction of sp³-hybridized carbons (Fsp3) is 0.308. The van der Waals surface area contributed by atoms with Gasteiger partial charge in [-0.2, -0.15) is 0 Å². The van der Waals surface area contributed by atoms with Crippen LogP contribution < -0.4 is 4.90 Å². The van der Waals surface area contributed by atoms with Crippen molar-refractivity contribution < 1.29 is 0 Å². The molecular formula is C26H33N. The fourth-order valence-corrected chi connectivity index (χ4v) is 3.71. The average molecular weight is 360 g/mol. The van der Waals surface area contributed by atoms with E-state index in [-0.39, 0.29) is 5.41 Å². The van der Waals surface area contributed by atoms with Gasteiger partial charge >= 0.3 is 0 Å². The van der Waals surface area contributed by atoms with Crippen molar-refractivity contribution in [1.29, 1.82) is 0 Å². The summed E-state index contributed by atoms with van der Waals surface area (Å²) in [6.07, 6.45) is 7.95. The van der Waals surface area contributed by atoms with Crippen molar-refractivity contribution in [1.82, 2.24) is 0 Å². The molecule has 1 atom stereocenters. The molecule has 1 unspecified atom stereocenters. The zero-order chi connectivity index (χ0) is 20.2. The van der Waals surface area contributed by atoms with Crippen LogP contribution in [0.15, 0.2) is 96.8 Å². The molecule has 0 aliphatic carbocycles. The van der Waals surface area contributed by atoms with E-state index in [0.717, 1.165) is 36.2 Å². The second-order valence-electron chi connectivity index (χ2n) is 7.75. The van der Waals surface area contributed by atoms with Gasteiger partial charge < -0.3 is 4.90 Å². The number of nitrogens with zero attached hydrogens (tertiary/aromatic N) is 1. The normalized spacial score (nSPS) is 20.7. The molecule has 0 radical (unpaired) electrons. The molecule has 0 N–H and O–H groups in total. The Balaban J connectivity index is 2.29. The van der Waals surface area contributed by atoms with E-state index >= 15 is 0 Å². The molecule has 0 aromatic heterocycles. The molecule has 1 aliphatic rings. The average Bonchev–Trinajstić information content (AvgIpc) is 2.95. The Morgan fingerprint density at radius 3 is 2.33 bits per heavy atom. The molecule has 1 aromatic rings. The minimum atomic E-state index is -0.157.